The SMILES string of the molecule is CCCCOC(=O)c1c(C)[nH]n2cnnc12. The monoisotopic (exact) mass is 222 g/mol. The molecule has 0 aliphatic carbocycles. The van der Waals surface area contributed by atoms with Gasteiger partial charge in [-0.05, 0) is 13.3 Å². The lowest BCUT2D eigenvalue weighted by Crippen LogP contribution is -2.07. The van der Waals surface area contributed by atoms with E-state index >= 15 is 0 Å². The second-order valence-corrected chi connectivity index (χ2v) is 3.63. The van der Waals surface area contributed by atoms with E-state index in [1.165, 1.54) is 6.33 Å². The van der Waals surface area contributed by atoms with Crippen LogP contribution in [0.5, 0.6) is 0 Å². The quantitative estimate of drug-likeness (QED) is 0.625. The van der Waals surface area contributed by atoms with E-state index in [0.717, 1.165) is 18.5 Å². The number of nitrogens with one attached hydrogen (secondary N) is 1. The normalized spacial score (nSPS) is 10.9. The van der Waals surface area contributed by atoms with Gasteiger partial charge < -0.3 is 4.74 Å². The van der Waals surface area contributed by atoms with E-state index in [0.29, 0.717) is 17.8 Å². The van der Waals surface area contributed by atoms with E-state index in [1.54, 1.807) is 4.52 Å². The van der Waals surface area contributed by atoms with E-state index in [-0.39, 0.29) is 5.97 Å². The minimum atomic E-state index is -0.342. The maximum absolute atomic E-state index is 11.8. The molecule has 0 radical (unpaired) electrons. The van der Waals surface area contributed by atoms with Crippen molar-refractivity contribution >= 4 is 11.6 Å². The van der Waals surface area contributed by atoms with E-state index in [2.05, 4.69) is 15.3 Å². The fourth-order valence-corrected chi connectivity index (χ4v) is 1.52. The van der Waals surface area contributed by atoms with Crippen LogP contribution >= 0.6 is 0 Å². The molecule has 2 rings (SSSR count). The van der Waals surface area contributed by atoms with Crippen molar-refractivity contribution in [3.8, 4) is 0 Å². The van der Waals surface area contributed by atoms with Crippen LogP contribution in [0.25, 0.3) is 5.65 Å². The molecule has 0 unspecified atom stereocenters. The Bertz CT molecular complexity index is 500. The standard InChI is InChI=1S/C10H14N4O2/c1-3-4-5-16-10(15)8-7(2)13-14-6-11-12-9(8)14/h6,13H,3-5H2,1-2H3. The predicted molar refractivity (Wildman–Crippen MR) is 57.3 cm³/mol. The summed E-state index contributed by atoms with van der Waals surface area (Å²) in [6, 6.07) is 0. The zero-order valence-corrected chi connectivity index (χ0v) is 9.36. The van der Waals surface area contributed by atoms with Crippen molar-refractivity contribution < 1.29 is 9.53 Å². The number of fused-ring (bicyclic) bond motifs is 1. The molecule has 2 aromatic heterocycles. The maximum atomic E-state index is 11.8. The summed E-state index contributed by atoms with van der Waals surface area (Å²) in [5, 5.41) is 10.6. The van der Waals surface area contributed by atoms with Crippen LogP contribution in [0.4, 0.5) is 0 Å². The highest BCUT2D eigenvalue weighted by molar-refractivity contribution is 5.97. The molecule has 0 aliphatic rings. The van der Waals surface area contributed by atoms with Crippen molar-refractivity contribution in [1.29, 1.82) is 0 Å². The van der Waals surface area contributed by atoms with Gasteiger partial charge in [0.1, 0.15) is 11.9 Å². The zero-order valence-electron chi connectivity index (χ0n) is 9.36. The van der Waals surface area contributed by atoms with E-state index in [4.69, 9.17) is 4.74 Å². The van der Waals surface area contributed by atoms with Crippen molar-refractivity contribution in [2.45, 2.75) is 26.7 Å². The van der Waals surface area contributed by atoms with Crippen molar-refractivity contribution in [3.63, 3.8) is 0 Å². The average Bonchev–Trinajstić information content (AvgIpc) is 2.77. The second-order valence-electron chi connectivity index (χ2n) is 3.63. The number of unbranched alkanes of at least 4 members (excludes halogenated alkanes) is 1. The topological polar surface area (TPSA) is 72.3 Å². The first-order valence-corrected chi connectivity index (χ1v) is 5.29. The van der Waals surface area contributed by atoms with Gasteiger partial charge >= 0.3 is 5.97 Å². The number of carbonyl (C=O) groups excluding carboxylic acids is 1. The van der Waals surface area contributed by atoms with Crippen LogP contribution in [-0.4, -0.2) is 32.4 Å². The lowest BCUT2D eigenvalue weighted by molar-refractivity contribution is 0.0501. The van der Waals surface area contributed by atoms with E-state index < -0.39 is 0 Å². The molecule has 2 aromatic rings. The van der Waals surface area contributed by atoms with Gasteiger partial charge in [-0.1, -0.05) is 13.3 Å². The number of esters is 1. The lowest BCUT2D eigenvalue weighted by Gasteiger charge is -2.02. The molecule has 6 heteroatoms. The summed E-state index contributed by atoms with van der Waals surface area (Å²) in [5.74, 6) is -0.342. The largest absolute Gasteiger partial charge is 0.462 e. The molecular formula is C10H14N4O2. The van der Waals surface area contributed by atoms with Crippen LogP contribution in [0.3, 0.4) is 0 Å². The van der Waals surface area contributed by atoms with Crippen LogP contribution in [-0.2, 0) is 4.74 Å². The Morgan fingerprint density at radius 1 is 1.62 bits per heavy atom. The molecule has 0 fully saturated rings. The number of aromatic amines is 1. The first kappa shape index (κ1) is 10.7. The van der Waals surface area contributed by atoms with E-state index in [9.17, 15) is 4.79 Å². The van der Waals surface area contributed by atoms with Gasteiger partial charge in [0, 0.05) is 5.69 Å². The Morgan fingerprint density at radius 2 is 2.44 bits per heavy atom. The number of H-pyrrole nitrogens is 1. The van der Waals surface area contributed by atoms with Gasteiger partial charge in [0.15, 0.2) is 5.65 Å². The Morgan fingerprint density at radius 3 is 3.19 bits per heavy atom. The van der Waals surface area contributed by atoms with Gasteiger partial charge in [0.25, 0.3) is 0 Å². The van der Waals surface area contributed by atoms with Crippen LogP contribution in [0.15, 0.2) is 6.33 Å². The fraction of sp³-hybridized carbons (Fsp3) is 0.500. The third kappa shape index (κ3) is 1.78. The van der Waals surface area contributed by atoms with Gasteiger partial charge in [0.2, 0.25) is 0 Å². The highest BCUT2D eigenvalue weighted by Crippen LogP contribution is 2.13. The molecule has 0 saturated heterocycles. The number of rotatable bonds is 4. The number of nitrogens with zero attached hydrogens (tertiary/aromatic N) is 3. The molecule has 16 heavy (non-hydrogen) atoms. The van der Waals surface area contributed by atoms with Gasteiger partial charge in [-0.3, -0.25) is 5.10 Å². The first-order valence-electron chi connectivity index (χ1n) is 5.29. The molecule has 0 bridgehead atoms. The van der Waals surface area contributed by atoms with Crippen LogP contribution in [0.1, 0.15) is 35.8 Å². The van der Waals surface area contributed by atoms with Crippen molar-refractivity contribution in [2.75, 3.05) is 6.61 Å². The summed E-state index contributed by atoms with van der Waals surface area (Å²) in [6.07, 6.45) is 3.39. The van der Waals surface area contributed by atoms with Crippen molar-refractivity contribution in [2.24, 2.45) is 0 Å². The average molecular weight is 222 g/mol. The Hall–Kier alpha value is -1.85. The highest BCUT2D eigenvalue weighted by atomic mass is 16.5. The molecule has 86 valence electrons. The number of hydrogen-bond donors (Lipinski definition) is 1. The van der Waals surface area contributed by atoms with Gasteiger partial charge in [-0.15, -0.1) is 10.2 Å². The van der Waals surface area contributed by atoms with Gasteiger partial charge in [-0.2, -0.15) is 0 Å². The van der Waals surface area contributed by atoms with Crippen LogP contribution in [0, 0.1) is 6.92 Å². The lowest BCUT2D eigenvalue weighted by atomic mass is 10.2. The van der Waals surface area contributed by atoms with Crippen molar-refractivity contribution in [3.05, 3.63) is 17.6 Å². The minimum absolute atomic E-state index is 0.342. The molecule has 0 amide bonds. The Labute approximate surface area is 92.6 Å². The van der Waals surface area contributed by atoms with Gasteiger partial charge in [-0.25, -0.2) is 9.31 Å². The number of ether oxygens (including phenoxy) is 1. The molecule has 0 aliphatic heterocycles. The predicted octanol–water partition coefficient (Wildman–Crippen LogP) is 1.32. The summed E-state index contributed by atoms with van der Waals surface area (Å²) in [7, 11) is 0. The smallest absolute Gasteiger partial charge is 0.343 e. The Kier molecular flexibility index (Phi) is 2.89. The second kappa shape index (κ2) is 4.34. The number of aryl methyl sites for hydroxylation is 1. The minimum Gasteiger partial charge on any atom is -0.462 e. The number of hydrogen-bond acceptors (Lipinski definition) is 4. The van der Waals surface area contributed by atoms with E-state index in [1.807, 2.05) is 13.8 Å². The summed E-state index contributed by atoms with van der Waals surface area (Å²) in [6.45, 7) is 4.30. The molecule has 1 N–H and O–H groups in total. The Balaban J connectivity index is 2.21. The highest BCUT2D eigenvalue weighted by Gasteiger charge is 2.19. The summed E-state index contributed by atoms with van der Waals surface area (Å²) in [4.78, 5) is 11.8. The molecule has 0 saturated carbocycles. The van der Waals surface area contributed by atoms with Crippen LogP contribution in [0.2, 0.25) is 0 Å². The fourth-order valence-electron chi connectivity index (χ4n) is 1.52. The molecular weight excluding hydrogens is 208 g/mol. The maximum Gasteiger partial charge on any atom is 0.343 e. The molecule has 2 heterocycles. The number of carbonyl (C=O) groups is 1. The molecule has 0 atom stereocenters. The summed E-state index contributed by atoms with van der Waals surface area (Å²) >= 11 is 0. The summed E-state index contributed by atoms with van der Waals surface area (Å²) < 4.78 is 6.75. The van der Waals surface area contributed by atoms with Crippen LogP contribution < -0.4 is 0 Å². The third-order valence-corrected chi connectivity index (χ3v) is 2.37. The van der Waals surface area contributed by atoms with Gasteiger partial charge in [0.05, 0.1) is 6.61 Å². The third-order valence-electron chi connectivity index (χ3n) is 2.37. The molecule has 0 aromatic carbocycles. The first-order chi connectivity index (χ1) is 7.74. The summed E-state index contributed by atoms with van der Waals surface area (Å²) in [5.41, 5.74) is 1.72. The number of aromatic nitrogens is 4. The molecule has 0 spiro atoms. The zero-order chi connectivity index (χ0) is 11.5. The molecule has 6 nitrogen and oxygen atoms in total. The van der Waals surface area contributed by atoms with Crippen molar-refractivity contribution in [1.82, 2.24) is 19.8 Å².